The number of unbranched alkanes of at least 4 members (excludes halogenated alkanes) is 40. The lowest BCUT2D eigenvalue weighted by Gasteiger charge is -2.26. The van der Waals surface area contributed by atoms with Crippen molar-refractivity contribution in [2.45, 2.75) is 347 Å². The molecule has 3 atom stereocenters. The van der Waals surface area contributed by atoms with Crippen LogP contribution in [-0.2, 0) is 18.4 Å². The zero-order valence-corrected chi connectivity index (χ0v) is 55.9. The zero-order chi connectivity index (χ0) is 59.8. The quantitative estimate of drug-likeness (QED) is 0.0243. The van der Waals surface area contributed by atoms with Crippen molar-refractivity contribution in [3.63, 3.8) is 0 Å². The van der Waals surface area contributed by atoms with E-state index >= 15 is 0 Å². The highest BCUT2D eigenvalue weighted by molar-refractivity contribution is 7.47. The average Bonchev–Trinajstić information content (AvgIpc) is 3.47. The first-order chi connectivity index (χ1) is 40.0. The SMILES string of the molecule is CC/C=C\C/C=C\C/C=C\C/C=C\C/C=C\C/C=C\CCCCCCCCCCCCCCCCCCCCC(=O)NC(COP(=O)(O)OCC[N+](C)(C)C)C(O)CCCCCCCCCCCCCCCCCCCCCCCCC. The molecule has 0 aromatic heterocycles. The van der Waals surface area contributed by atoms with Gasteiger partial charge in [-0.25, -0.2) is 4.57 Å². The van der Waals surface area contributed by atoms with Gasteiger partial charge in [-0.05, 0) is 64.2 Å². The molecule has 0 aromatic carbocycles. The summed E-state index contributed by atoms with van der Waals surface area (Å²) in [5.74, 6) is -0.140. The Labute approximate surface area is 510 Å². The molecule has 82 heavy (non-hydrogen) atoms. The molecule has 0 aliphatic rings. The van der Waals surface area contributed by atoms with Crippen molar-refractivity contribution >= 4 is 13.7 Å². The second kappa shape index (κ2) is 63.4. The summed E-state index contributed by atoms with van der Waals surface area (Å²) in [5.41, 5.74) is 0. The van der Waals surface area contributed by atoms with Crippen molar-refractivity contribution < 1.29 is 32.9 Å². The third-order valence-electron chi connectivity index (χ3n) is 16.0. The highest BCUT2D eigenvalue weighted by atomic mass is 31.2. The summed E-state index contributed by atoms with van der Waals surface area (Å²) < 4.78 is 23.9. The van der Waals surface area contributed by atoms with Gasteiger partial charge >= 0.3 is 7.82 Å². The summed E-state index contributed by atoms with van der Waals surface area (Å²) in [4.78, 5) is 23.5. The van der Waals surface area contributed by atoms with E-state index in [-0.39, 0.29) is 19.1 Å². The topological polar surface area (TPSA) is 105 Å². The van der Waals surface area contributed by atoms with Crippen molar-refractivity contribution in [3.05, 3.63) is 72.9 Å². The van der Waals surface area contributed by atoms with E-state index in [2.05, 4.69) is 92.1 Å². The van der Waals surface area contributed by atoms with E-state index in [1.54, 1.807) is 0 Å². The molecule has 0 fully saturated rings. The van der Waals surface area contributed by atoms with Crippen LogP contribution >= 0.6 is 7.82 Å². The number of aliphatic hydroxyl groups is 1. The molecule has 0 radical (unpaired) electrons. The van der Waals surface area contributed by atoms with Gasteiger partial charge in [0, 0.05) is 6.42 Å². The highest BCUT2D eigenvalue weighted by Crippen LogP contribution is 2.43. The van der Waals surface area contributed by atoms with Crippen molar-refractivity contribution in [2.24, 2.45) is 0 Å². The monoisotopic (exact) mass is 1170 g/mol. The summed E-state index contributed by atoms with van der Waals surface area (Å²) in [6.45, 7) is 4.82. The number of phosphoric acid groups is 1. The molecule has 0 aromatic rings. The van der Waals surface area contributed by atoms with Crippen LogP contribution in [0.5, 0.6) is 0 Å². The van der Waals surface area contributed by atoms with Gasteiger partial charge < -0.3 is 19.8 Å². The second-order valence-corrected chi connectivity index (χ2v) is 26.7. The van der Waals surface area contributed by atoms with Crippen LogP contribution in [0.1, 0.15) is 335 Å². The van der Waals surface area contributed by atoms with Crippen LogP contribution in [0.4, 0.5) is 0 Å². The van der Waals surface area contributed by atoms with Crippen molar-refractivity contribution in [1.82, 2.24) is 5.32 Å². The largest absolute Gasteiger partial charge is 0.472 e. The lowest BCUT2D eigenvalue weighted by molar-refractivity contribution is -0.870. The molecule has 9 heteroatoms. The number of carbonyl (C=O) groups excluding carboxylic acids is 1. The van der Waals surface area contributed by atoms with Gasteiger partial charge in [0.2, 0.25) is 5.91 Å². The van der Waals surface area contributed by atoms with Gasteiger partial charge in [0.15, 0.2) is 0 Å². The van der Waals surface area contributed by atoms with Gasteiger partial charge in [0.1, 0.15) is 13.2 Å². The van der Waals surface area contributed by atoms with E-state index < -0.39 is 20.0 Å². The second-order valence-electron chi connectivity index (χ2n) is 25.2. The zero-order valence-electron chi connectivity index (χ0n) is 55.0. The normalized spacial score (nSPS) is 14.1. The van der Waals surface area contributed by atoms with Crippen molar-refractivity contribution in [1.29, 1.82) is 0 Å². The number of carbonyl (C=O) groups is 1. The van der Waals surface area contributed by atoms with Crippen LogP contribution in [0.15, 0.2) is 72.9 Å². The third-order valence-corrected chi connectivity index (χ3v) is 17.0. The molecule has 0 heterocycles. The number of amides is 1. The molecule has 8 nitrogen and oxygen atoms in total. The first-order valence-electron chi connectivity index (χ1n) is 35.3. The number of aliphatic hydroxyl groups excluding tert-OH is 1. The Balaban J connectivity index is 3.99. The summed E-state index contributed by atoms with van der Waals surface area (Å²) >= 11 is 0. The van der Waals surface area contributed by atoms with Gasteiger partial charge in [0.05, 0.1) is 39.9 Å². The molecule has 0 saturated carbocycles. The number of hydrogen-bond donors (Lipinski definition) is 3. The van der Waals surface area contributed by atoms with Gasteiger partial charge in [0.25, 0.3) is 0 Å². The molecule has 0 bridgehead atoms. The third kappa shape index (κ3) is 65.5. The fourth-order valence-corrected chi connectivity index (χ4v) is 11.3. The first-order valence-corrected chi connectivity index (χ1v) is 36.8. The Morgan fingerprint density at radius 1 is 0.427 bits per heavy atom. The van der Waals surface area contributed by atoms with Crippen LogP contribution in [0.25, 0.3) is 0 Å². The minimum Gasteiger partial charge on any atom is -0.391 e. The summed E-state index contributed by atoms with van der Waals surface area (Å²) in [5, 5.41) is 14.2. The molecule has 0 spiro atoms. The van der Waals surface area contributed by atoms with Gasteiger partial charge in [-0.15, -0.1) is 0 Å². The Morgan fingerprint density at radius 2 is 0.732 bits per heavy atom. The van der Waals surface area contributed by atoms with Crippen LogP contribution < -0.4 is 5.32 Å². The summed E-state index contributed by atoms with van der Waals surface area (Å²) in [6, 6.07) is -0.763. The molecule has 0 aliphatic heterocycles. The maximum Gasteiger partial charge on any atom is 0.472 e. The number of hydrogen-bond acceptors (Lipinski definition) is 5. The lowest BCUT2D eigenvalue weighted by Crippen LogP contribution is -2.46. The van der Waals surface area contributed by atoms with Gasteiger partial charge in [-0.2, -0.15) is 0 Å². The number of likely N-dealkylation sites (N-methyl/N-ethyl adjacent to an activating group) is 1. The Hall–Kier alpha value is -2.06. The van der Waals surface area contributed by atoms with Crippen LogP contribution in [0.2, 0.25) is 0 Å². The number of nitrogens with zero attached hydrogens (tertiary/aromatic N) is 1. The fraction of sp³-hybridized carbons (Fsp3) is 0.822. The number of nitrogens with one attached hydrogen (secondary N) is 1. The fourth-order valence-electron chi connectivity index (χ4n) is 10.5. The van der Waals surface area contributed by atoms with Crippen LogP contribution in [-0.4, -0.2) is 73.4 Å². The maximum atomic E-state index is 13.1. The number of rotatable bonds is 65. The summed E-state index contributed by atoms with van der Waals surface area (Å²) in [6.07, 6.45) is 88.6. The predicted octanol–water partition coefficient (Wildman–Crippen LogP) is 22.6. The van der Waals surface area contributed by atoms with E-state index in [9.17, 15) is 19.4 Å². The Kier molecular flexibility index (Phi) is 61.8. The van der Waals surface area contributed by atoms with Crippen LogP contribution in [0, 0.1) is 0 Å². The summed E-state index contributed by atoms with van der Waals surface area (Å²) in [7, 11) is 1.63. The standard InChI is InChI=1S/C73H137N2O6P/c1-6-8-10-12-14-16-18-20-22-24-26-28-30-31-32-33-34-35-36-37-38-39-40-41-42-43-45-47-49-51-53-55-57-59-61-63-65-67-73(77)74-71(70-81-82(78,79)80-69-68-75(3,4)5)72(76)66-64-62-60-58-56-54-52-50-48-46-44-29-27-25-23-21-19-17-15-13-11-9-7-2/h8,10,14,16,20,22,26,28,31-32,34-35,71-72,76H,6-7,9,11-13,15,17-19,21,23-25,27,29-30,33,36-70H2,1-5H3,(H-,74,77,78,79)/p+1/b10-8-,16-14-,22-20-,28-26-,32-31-,35-34-. The molecule has 480 valence electrons. The molecule has 3 N–H and O–H groups in total. The molecule has 0 rings (SSSR count). The molecule has 0 aliphatic carbocycles. The Morgan fingerprint density at radius 3 is 1.07 bits per heavy atom. The molecular weight excluding hydrogens is 1030 g/mol. The number of quaternary nitrogens is 1. The van der Waals surface area contributed by atoms with E-state index in [1.165, 1.54) is 231 Å². The van der Waals surface area contributed by atoms with Gasteiger partial charge in [-0.1, -0.05) is 337 Å². The minimum absolute atomic E-state index is 0.0748. The van der Waals surface area contributed by atoms with E-state index in [4.69, 9.17) is 9.05 Å². The van der Waals surface area contributed by atoms with Gasteiger partial charge in [-0.3, -0.25) is 13.8 Å². The van der Waals surface area contributed by atoms with E-state index in [1.807, 2.05) is 21.1 Å². The molecule has 3 unspecified atom stereocenters. The number of phosphoric ester groups is 1. The molecule has 0 saturated heterocycles. The minimum atomic E-state index is -4.33. The van der Waals surface area contributed by atoms with Crippen molar-refractivity contribution in [2.75, 3.05) is 40.9 Å². The highest BCUT2D eigenvalue weighted by Gasteiger charge is 2.28. The molecule has 1 amide bonds. The van der Waals surface area contributed by atoms with Crippen LogP contribution in [0.3, 0.4) is 0 Å². The lowest BCUT2D eigenvalue weighted by atomic mass is 10.0. The van der Waals surface area contributed by atoms with E-state index in [0.29, 0.717) is 23.9 Å². The Bertz CT molecular complexity index is 1570. The maximum absolute atomic E-state index is 13.1. The smallest absolute Gasteiger partial charge is 0.391 e. The predicted molar refractivity (Wildman–Crippen MR) is 360 cm³/mol. The average molecular weight is 1170 g/mol. The first kappa shape index (κ1) is 79.9. The van der Waals surface area contributed by atoms with Crippen molar-refractivity contribution in [3.8, 4) is 0 Å². The molecular formula is C73H138N2O6P+. The van der Waals surface area contributed by atoms with E-state index in [0.717, 1.165) is 77.0 Å². The number of allylic oxidation sites excluding steroid dienone is 12.